The van der Waals surface area contributed by atoms with Crippen LogP contribution in [0.5, 0.6) is 5.88 Å². The van der Waals surface area contributed by atoms with E-state index in [1.165, 1.54) is 0 Å². The quantitative estimate of drug-likeness (QED) is 0.491. The lowest BCUT2D eigenvalue weighted by Gasteiger charge is -2.09. The maximum Gasteiger partial charge on any atom is 0.389 e. The van der Waals surface area contributed by atoms with E-state index in [9.17, 15) is 28.1 Å². The van der Waals surface area contributed by atoms with Crippen molar-refractivity contribution >= 4 is 11.7 Å². The average Bonchev–Trinajstić information content (AvgIpc) is 2.33. The number of nitro groups is 1. The fourth-order valence-electron chi connectivity index (χ4n) is 1.25. The smallest absolute Gasteiger partial charge is 0.389 e. The largest absolute Gasteiger partial charge is 0.477 e. The van der Waals surface area contributed by atoms with Gasteiger partial charge < -0.3 is 9.84 Å². The molecule has 10 heteroatoms. The summed E-state index contributed by atoms with van der Waals surface area (Å²) in [7, 11) is 0. The molecule has 1 aromatic rings. The molecule has 1 heterocycles. The van der Waals surface area contributed by atoms with Crippen molar-refractivity contribution in [3.8, 4) is 5.88 Å². The number of alkyl halides is 3. The monoisotopic (exact) mass is 294 g/mol. The molecule has 0 spiro atoms. The van der Waals surface area contributed by atoms with Gasteiger partial charge in [0.05, 0.1) is 11.5 Å². The number of pyridine rings is 1. The second-order valence-electron chi connectivity index (χ2n) is 3.68. The van der Waals surface area contributed by atoms with Gasteiger partial charge in [-0.2, -0.15) is 13.2 Å². The Balaban J connectivity index is 2.75. The predicted molar refractivity (Wildman–Crippen MR) is 58.6 cm³/mol. The molecule has 0 unspecified atom stereocenters. The number of carbonyl (C=O) groups is 1. The molecule has 0 saturated heterocycles. The van der Waals surface area contributed by atoms with Crippen LogP contribution in [0.15, 0.2) is 12.3 Å². The van der Waals surface area contributed by atoms with Crippen LogP contribution in [-0.2, 0) is 0 Å². The number of hydrogen-bond acceptors (Lipinski definition) is 5. The number of halogens is 3. The van der Waals surface area contributed by atoms with Crippen molar-refractivity contribution in [3.63, 3.8) is 0 Å². The lowest BCUT2D eigenvalue weighted by molar-refractivity contribution is -0.385. The van der Waals surface area contributed by atoms with E-state index in [0.717, 1.165) is 12.3 Å². The highest BCUT2D eigenvalue weighted by molar-refractivity contribution is 5.90. The third kappa shape index (κ3) is 4.71. The van der Waals surface area contributed by atoms with Crippen molar-refractivity contribution in [3.05, 3.63) is 27.9 Å². The normalized spacial score (nSPS) is 11.2. The highest BCUT2D eigenvalue weighted by atomic mass is 19.4. The van der Waals surface area contributed by atoms with Gasteiger partial charge in [-0.3, -0.25) is 10.1 Å². The highest BCUT2D eigenvalue weighted by Crippen LogP contribution is 2.23. The van der Waals surface area contributed by atoms with Crippen LogP contribution >= 0.6 is 0 Å². The molecule has 110 valence electrons. The molecular weight excluding hydrogens is 285 g/mol. The van der Waals surface area contributed by atoms with E-state index in [0.29, 0.717) is 0 Å². The second kappa shape index (κ2) is 6.17. The van der Waals surface area contributed by atoms with Crippen molar-refractivity contribution < 1.29 is 32.7 Å². The first-order chi connectivity index (χ1) is 9.20. The number of ether oxygens (including phenoxy) is 1. The third-order valence-corrected chi connectivity index (χ3v) is 2.12. The van der Waals surface area contributed by atoms with E-state index in [1.807, 2.05) is 0 Å². The van der Waals surface area contributed by atoms with E-state index in [1.54, 1.807) is 0 Å². The molecule has 0 atom stereocenters. The number of hydrogen-bond donors (Lipinski definition) is 1. The first-order valence-electron chi connectivity index (χ1n) is 5.28. The van der Waals surface area contributed by atoms with Gasteiger partial charge in [0.25, 0.3) is 5.69 Å². The Morgan fingerprint density at radius 2 is 2.15 bits per heavy atom. The molecule has 0 amide bonds. The SMILES string of the molecule is O=C(O)c1cc([N+](=O)[O-])cnc1OCCCC(F)(F)F. The number of aromatic nitrogens is 1. The summed E-state index contributed by atoms with van der Waals surface area (Å²) < 4.78 is 40.5. The summed E-state index contributed by atoms with van der Waals surface area (Å²) in [4.78, 5) is 23.9. The van der Waals surface area contributed by atoms with Crippen molar-refractivity contribution in [1.29, 1.82) is 0 Å². The van der Waals surface area contributed by atoms with Crippen LogP contribution in [0.3, 0.4) is 0 Å². The molecule has 0 bridgehead atoms. The Kier molecular flexibility index (Phi) is 4.83. The van der Waals surface area contributed by atoms with Gasteiger partial charge >= 0.3 is 12.1 Å². The van der Waals surface area contributed by atoms with Crippen LogP contribution in [-0.4, -0.2) is 33.8 Å². The van der Waals surface area contributed by atoms with Crippen LogP contribution in [0, 0.1) is 10.1 Å². The molecule has 0 aliphatic rings. The lowest BCUT2D eigenvalue weighted by Crippen LogP contribution is -2.11. The lowest BCUT2D eigenvalue weighted by atomic mass is 10.2. The number of carboxylic acids is 1. The molecule has 7 nitrogen and oxygen atoms in total. The molecule has 20 heavy (non-hydrogen) atoms. The van der Waals surface area contributed by atoms with E-state index >= 15 is 0 Å². The summed E-state index contributed by atoms with van der Waals surface area (Å²) in [6.07, 6.45) is -5.02. The third-order valence-electron chi connectivity index (χ3n) is 2.12. The molecule has 0 aliphatic carbocycles. The van der Waals surface area contributed by atoms with Crippen LogP contribution in [0.2, 0.25) is 0 Å². The molecular formula is C10H9F3N2O5. The number of rotatable bonds is 6. The summed E-state index contributed by atoms with van der Waals surface area (Å²) in [6.45, 7) is -0.398. The Hall–Kier alpha value is -2.39. The van der Waals surface area contributed by atoms with Gasteiger partial charge in [-0.1, -0.05) is 0 Å². The summed E-state index contributed by atoms with van der Waals surface area (Å²) >= 11 is 0. The second-order valence-corrected chi connectivity index (χ2v) is 3.68. The zero-order chi connectivity index (χ0) is 15.3. The van der Waals surface area contributed by atoms with Crippen molar-refractivity contribution in [2.45, 2.75) is 19.0 Å². The minimum absolute atomic E-state index is 0.374. The van der Waals surface area contributed by atoms with Gasteiger partial charge in [0, 0.05) is 12.5 Å². The molecule has 0 aromatic carbocycles. The minimum atomic E-state index is -4.33. The van der Waals surface area contributed by atoms with Crippen molar-refractivity contribution in [1.82, 2.24) is 4.98 Å². The molecule has 0 radical (unpaired) electrons. The summed E-state index contributed by atoms with van der Waals surface area (Å²) in [5, 5.41) is 19.3. The highest BCUT2D eigenvalue weighted by Gasteiger charge is 2.26. The first-order valence-corrected chi connectivity index (χ1v) is 5.28. The molecule has 1 aromatic heterocycles. The number of aromatic carboxylic acids is 1. The van der Waals surface area contributed by atoms with Gasteiger partial charge in [-0.25, -0.2) is 9.78 Å². The number of carboxylic acid groups (broad SMARTS) is 1. The van der Waals surface area contributed by atoms with E-state index in [2.05, 4.69) is 4.98 Å². The molecule has 1 N–H and O–H groups in total. The van der Waals surface area contributed by atoms with E-state index < -0.39 is 47.2 Å². The van der Waals surface area contributed by atoms with Crippen LogP contribution < -0.4 is 4.74 Å². The van der Waals surface area contributed by atoms with Crippen LogP contribution in [0.25, 0.3) is 0 Å². The fourth-order valence-corrected chi connectivity index (χ4v) is 1.25. The summed E-state index contributed by atoms with van der Waals surface area (Å²) in [6, 6.07) is 0.731. The minimum Gasteiger partial charge on any atom is -0.477 e. The van der Waals surface area contributed by atoms with Gasteiger partial charge in [0.1, 0.15) is 11.8 Å². The van der Waals surface area contributed by atoms with Gasteiger partial charge in [-0.15, -0.1) is 0 Å². The van der Waals surface area contributed by atoms with Gasteiger partial charge in [0.2, 0.25) is 5.88 Å². The van der Waals surface area contributed by atoms with Crippen LogP contribution in [0.1, 0.15) is 23.2 Å². The fraction of sp³-hybridized carbons (Fsp3) is 0.400. The standard InChI is InChI=1S/C10H9F3N2O5/c11-10(12,13)2-1-3-20-8-7(9(16)17)4-6(5-14-8)15(18)19/h4-5H,1-3H2,(H,16,17). The number of nitrogens with zero attached hydrogens (tertiary/aromatic N) is 2. The molecule has 0 aliphatic heterocycles. The van der Waals surface area contributed by atoms with Crippen molar-refractivity contribution in [2.75, 3.05) is 6.61 Å². The Morgan fingerprint density at radius 3 is 2.65 bits per heavy atom. The first kappa shape index (κ1) is 15.7. The topological polar surface area (TPSA) is 103 Å². The molecule has 0 fully saturated rings. The zero-order valence-corrected chi connectivity index (χ0v) is 9.88. The Morgan fingerprint density at radius 1 is 1.50 bits per heavy atom. The Labute approximate surface area is 110 Å². The van der Waals surface area contributed by atoms with Crippen LogP contribution in [0.4, 0.5) is 18.9 Å². The average molecular weight is 294 g/mol. The summed E-state index contributed by atoms with van der Waals surface area (Å²) in [5.41, 5.74) is -1.13. The Bertz CT molecular complexity index is 518. The molecule has 0 saturated carbocycles. The van der Waals surface area contributed by atoms with Gasteiger partial charge in [-0.05, 0) is 6.42 Å². The van der Waals surface area contributed by atoms with E-state index in [-0.39, 0.29) is 6.42 Å². The van der Waals surface area contributed by atoms with Gasteiger partial charge in [0.15, 0.2) is 0 Å². The maximum absolute atomic E-state index is 11.9. The zero-order valence-electron chi connectivity index (χ0n) is 9.88. The maximum atomic E-state index is 11.9. The predicted octanol–water partition coefficient (Wildman–Crippen LogP) is 2.41. The molecule has 1 rings (SSSR count). The van der Waals surface area contributed by atoms with Crippen molar-refractivity contribution in [2.24, 2.45) is 0 Å². The summed E-state index contributed by atoms with van der Waals surface area (Å²) in [5.74, 6) is -1.97. The van der Waals surface area contributed by atoms with E-state index in [4.69, 9.17) is 9.84 Å².